The van der Waals surface area contributed by atoms with Gasteiger partial charge in [-0.05, 0) is 24.3 Å². The molecule has 8 nitrogen and oxygen atoms in total. The summed E-state index contributed by atoms with van der Waals surface area (Å²) in [4.78, 5) is 15.9. The highest BCUT2D eigenvalue weighted by atomic mass is 16.5. The van der Waals surface area contributed by atoms with E-state index in [2.05, 4.69) is 15.6 Å². The quantitative estimate of drug-likeness (QED) is 0.708. The SMILES string of the molecule is COc1ccc(OC)c([C@@H](O)CNC(=O)Nc2ccc(OC)nc2)c1. The van der Waals surface area contributed by atoms with E-state index in [1.165, 1.54) is 27.5 Å². The van der Waals surface area contributed by atoms with Crippen molar-refractivity contribution in [1.29, 1.82) is 0 Å². The van der Waals surface area contributed by atoms with Crippen molar-refractivity contribution in [3.8, 4) is 17.4 Å². The van der Waals surface area contributed by atoms with E-state index < -0.39 is 12.1 Å². The molecular weight excluding hydrogens is 326 g/mol. The summed E-state index contributed by atoms with van der Waals surface area (Å²) in [5.41, 5.74) is 1.03. The smallest absolute Gasteiger partial charge is 0.319 e. The van der Waals surface area contributed by atoms with Gasteiger partial charge in [0.1, 0.15) is 17.6 Å². The summed E-state index contributed by atoms with van der Waals surface area (Å²) in [6, 6.07) is 7.91. The molecule has 2 rings (SSSR count). The fourth-order valence-electron chi connectivity index (χ4n) is 2.15. The first-order valence-corrected chi connectivity index (χ1v) is 7.52. The summed E-state index contributed by atoms with van der Waals surface area (Å²) in [6.07, 6.45) is 0.518. The number of aliphatic hydroxyl groups is 1. The molecule has 134 valence electrons. The van der Waals surface area contributed by atoms with Gasteiger partial charge in [-0.3, -0.25) is 0 Å². The van der Waals surface area contributed by atoms with Gasteiger partial charge in [0, 0.05) is 18.2 Å². The van der Waals surface area contributed by atoms with E-state index in [9.17, 15) is 9.90 Å². The number of benzene rings is 1. The Morgan fingerprint density at radius 1 is 1.16 bits per heavy atom. The van der Waals surface area contributed by atoms with Crippen LogP contribution in [0.5, 0.6) is 17.4 Å². The number of urea groups is 1. The Kier molecular flexibility index (Phi) is 6.41. The number of hydrogen-bond acceptors (Lipinski definition) is 6. The second kappa shape index (κ2) is 8.74. The van der Waals surface area contributed by atoms with Gasteiger partial charge in [0.2, 0.25) is 5.88 Å². The molecule has 3 N–H and O–H groups in total. The van der Waals surface area contributed by atoms with Gasteiger partial charge in [0.15, 0.2) is 0 Å². The van der Waals surface area contributed by atoms with Crippen LogP contribution in [0.4, 0.5) is 10.5 Å². The molecule has 1 aromatic heterocycles. The molecule has 0 fully saturated rings. The lowest BCUT2D eigenvalue weighted by molar-refractivity contribution is 0.170. The molecule has 2 amide bonds. The maximum absolute atomic E-state index is 11.9. The third-order valence-electron chi connectivity index (χ3n) is 3.46. The maximum atomic E-state index is 11.9. The first-order valence-electron chi connectivity index (χ1n) is 7.52. The molecule has 0 aliphatic carbocycles. The van der Waals surface area contributed by atoms with Crippen molar-refractivity contribution in [3.63, 3.8) is 0 Å². The highest BCUT2D eigenvalue weighted by molar-refractivity contribution is 5.89. The summed E-state index contributed by atoms with van der Waals surface area (Å²) >= 11 is 0. The van der Waals surface area contributed by atoms with Crippen LogP contribution in [0.2, 0.25) is 0 Å². The third-order valence-corrected chi connectivity index (χ3v) is 3.46. The van der Waals surface area contributed by atoms with Crippen LogP contribution in [0, 0.1) is 0 Å². The summed E-state index contributed by atoms with van der Waals surface area (Å²) in [7, 11) is 4.55. The molecule has 1 aromatic carbocycles. The Hall–Kier alpha value is -3.00. The van der Waals surface area contributed by atoms with E-state index in [1.54, 1.807) is 30.3 Å². The number of rotatable bonds is 7. The van der Waals surface area contributed by atoms with Crippen LogP contribution in [-0.2, 0) is 0 Å². The first kappa shape index (κ1) is 18.3. The Morgan fingerprint density at radius 2 is 1.96 bits per heavy atom. The van der Waals surface area contributed by atoms with Crippen molar-refractivity contribution < 1.29 is 24.1 Å². The van der Waals surface area contributed by atoms with E-state index in [0.717, 1.165) is 0 Å². The van der Waals surface area contributed by atoms with E-state index in [1.807, 2.05) is 0 Å². The maximum Gasteiger partial charge on any atom is 0.319 e. The molecule has 0 saturated carbocycles. The Labute approximate surface area is 145 Å². The van der Waals surface area contributed by atoms with Gasteiger partial charge in [0.25, 0.3) is 0 Å². The molecule has 0 spiro atoms. The summed E-state index contributed by atoms with van der Waals surface area (Å²) in [6.45, 7) is -0.00105. The average Bonchev–Trinajstić information content (AvgIpc) is 2.66. The van der Waals surface area contributed by atoms with E-state index >= 15 is 0 Å². The Balaban J connectivity index is 1.94. The monoisotopic (exact) mass is 347 g/mol. The number of carbonyl (C=O) groups is 1. The van der Waals surface area contributed by atoms with Crippen LogP contribution in [0.15, 0.2) is 36.5 Å². The number of pyridine rings is 1. The van der Waals surface area contributed by atoms with Crippen molar-refractivity contribution in [2.24, 2.45) is 0 Å². The molecule has 1 heterocycles. The minimum Gasteiger partial charge on any atom is -0.497 e. The molecule has 25 heavy (non-hydrogen) atoms. The molecule has 1 atom stereocenters. The number of aromatic nitrogens is 1. The van der Waals surface area contributed by atoms with E-state index in [-0.39, 0.29) is 6.54 Å². The van der Waals surface area contributed by atoms with Gasteiger partial charge in [-0.1, -0.05) is 0 Å². The first-order chi connectivity index (χ1) is 12.1. The normalized spacial score (nSPS) is 11.4. The zero-order chi connectivity index (χ0) is 18.2. The molecule has 8 heteroatoms. The van der Waals surface area contributed by atoms with Crippen LogP contribution in [-0.4, -0.2) is 44.0 Å². The number of hydrogen-bond donors (Lipinski definition) is 3. The van der Waals surface area contributed by atoms with Crippen molar-refractivity contribution in [1.82, 2.24) is 10.3 Å². The van der Waals surface area contributed by atoms with Crippen molar-refractivity contribution >= 4 is 11.7 Å². The van der Waals surface area contributed by atoms with Crippen molar-refractivity contribution in [2.75, 3.05) is 33.2 Å². The molecule has 0 saturated heterocycles. The van der Waals surface area contributed by atoms with Gasteiger partial charge in [-0.2, -0.15) is 0 Å². The predicted octanol–water partition coefficient (Wildman–Crippen LogP) is 1.96. The molecular formula is C17H21N3O5. The van der Waals surface area contributed by atoms with Crippen molar-refractivity contribution in [2.45, 2.75) is 6.10 Å². The number of carbonyl (C=O) groups excluding carboxylic acids is 1. The number of nitrogens with zero attached hydrogens (tertiary/aromatic N) is 1. The summed E-state index contributed by atoms with van der Waals surface area (Å²) in [5, 5.41) is 15.5. The van der Waals surface area contributed by atoms with Crippen LogP contribution in [0.3, 0.4) is 0 Å². The highest BCUT2D eigenvalue weighted by Gasteiger charge is 2.15. The largest absolute Gasteiger partial charge is 0.497 e. The Bertz CT molecular complexity index is 706. The van der Waals surface area contributed by atoms with Crippen LogP contribution in [0.1, 0.15) is 11.7 Å². The van der Waals surface area contributed by atoms with Crippen LogP contribution >= 0.6 is 0 Å². The number of methoxy groups -OCH3 is 3. The van der Waals surface area contributed by atoms with E-state index in [0.29, 0.717) is 28.6 Å². The van der Waals surface area contributed by atoms with Gasteiger partial charge < -0.3 is 30.0 Å². The highest BCUT2D eigenvalue weighted by Crippen LogP contribution is 2.29. The second-order valence-electron chi connectivity index (χ2n) is 5.05. The fourth-order valence-corrected chi connectivity index (χ4v) is 2.15. The zero-order valence-corrected chi connectivity index (χ0v) is 14.3. The van der Waals surface area contributed by atoms with Crippen LogP contribution in [0.25, 0.3) is 0 Å². The second-order valence-corrected chi connectivity index (χ2v) is 5.05. The molecule has 0 aliphatic heterocycles. The number of amides is 2. The topological polar surface area (TPSA) is 102 Å². The van der Waals surface area contributed by atoms with Crippen LogP contribution < -0.4 is 24.8 Å². The third kappa shape index (κ3) is 4.98. The summed E-state index contributed by atoms with van der Waals surface area (Å²) in [5.74, 6) is 1.55. The van der Waals surface area contributed by atoms with Gasteiger partial charge >= 0.3 is 6.03 Å². The van der Waals surface area contributed by atoms with Gasteiger partial charge in [0.05, 0.1) is 33.2 Å². The number of ether oxygens (including phenoxy) is 3. The molecule has 0 unspecified atom stereocenters. The zero-order valence-electron chi connectivity index (χ0n) is 14.3. The van der Waals surface area contributed by atoms with Gasteiger partial charge in [-0.15, -0.1) is 0 Å². The standard InChI is InChI=1S/C17H21N3O5/c1-23-12-5-6-15(24-2)13(8-12)14(21)10-19-17(22)20-11-4-7-16(25-3)18-9-11/h4-9,14,21H,10H2,1-3H3,(H2,19,20,22)/t14-/m0/s1. The minimum atomic E-state index is -0.954. The van der Waals surface area contributed by atoms with E-state index in [4.69, 9.17) is 14.2 Å². The number of aliphatic hydroxyl groups excluding tert-OH is 1. The molecule has 0 radical (unpaired) electrons. The Morgan fingerprint density at radius 3 is 2.56 bits per heavy atom. The number of nitrogens with one attached hydrogen (secondary N) is 2. The molecule has 0 aliphatic rings. The minimum absolute atomic E-state index is 0.00105. The lowest BCUT2D eigenvalue weighted by Gasteiger charge is -2.16. The number of anilines is 1. The average molecular weight is 347 g/mol. The molecule has 2 aromatic rings. The lowest BCUT2D eigenvalue weighted by Crippen LogP contribution is -2.32. The van der Waals surface area contributed by atoms with Gasteiger partial charge in [-0.25, -0.2) is 9.78 Å². The predicted molar refractivity (Wildman–Crippen MR) is 92.3 cm³/mol. The fraction of sp³-hybridized carbons (Fsp3) is 0.294. The lowest BCUT2D eigenvalue weighted by atomic mass is 10.1. The summed E-state index contributed by atoms with van der Waals surface area (Å²) < 4.78 is 15.3. The molecule has 0 bridgehead atoms. The van der Waals surface area contributed by atoms with Crippen molar-refractivity contribution in [3.05, 3.63) is 42.1 Å².